The molecule has 0 bridgehead atoms. The van der Waals surface area contributed by atoms with Crippen LogP contribution in [0.4, 0.5) is 5.82 Å². The molecule has 4 heterocycles. The third kappa shape index (κ3) is 4.57. The number of ether oxygens (including phenoxy) is 1. The standard InChI is InChI=1S/C21H25N5O4S2/c1-30-13-11-26-20(29)16(32-21(26)31)14-15-18(24-8-6-23(7-9-24)10-12-27)22-17-4-2-3-5-25(17)19(15)28/h2-5,14,27H,6-13H2,1H3/b16-14+. The van der Waals surface area contributed by atoms with Gasteiger partial charge in [0.2, 0.25) is 0 Å². The summed E-state index contributed by atoms with van der Waals surface area (Å²) >= 11 is 6.55. The lowest BCUT2D eigenvalue weighted by Gasteiger charge is -2.35. The molecular weight excluding hydrogens is 450 g/mol. The van der Waals surface area contributed by atoms with Crippen LogP contribution in [0.5, 0.6) is 0 Å². The first-order valence-corrected chi connectivity index (χ1v) is 11.6. The van der Waals surface area contributed by atoms with Crippen molar-refractivity contribution in [1.82, 2.24) is 19.2 Å². The molecule has 0 unspecified atom stereocenters. The maximum atomic E-state index is 13.4. The number of piperazine rings is 1. The maximum Gasteiger partial charge on any atom is 0.267 e. The lowest BCUT2D eigenvalue weighted by Crippen LogP contribution is -2.48. The third-order valence-corrected chi connectivity index (χ3v) is 6.88. The SMILES string of the molecule is COCCN1C(=O)/C(=C\c2c(N3CCN(CCO)CC3)nc3ccccn3c2=O)SC1=S. The molecule has 0 atom stereocenters. The molecule has 0 aliphatic carbocycles. The van der Waals surface area contributed by atoms with Crippen molar-refractivity contribution in [2.45, 2.75) is 0 Å². The van der Waals surface area contributed by atoms with Gasteiger partial charge in [-0.2, -0.15) is 0 Å². The summed E-state index contributed by atoms with van der Waals surface area (Å²) in [6, 6.07) is 5.41. The van der Waals surface area contributed by atoms with Gasteiger partial charge in [-0.3, -0.25) is 23.8 Å². The van der Waals surface area contributed by atoms with Crippen LogP contribution in [0.1, 0.15) is 5.56 Å². The molecule has 11 heteroatoms. The molecule has 0 spiro atoms. The van der Waals surface area contributed by atoms with Crippen molar-refractivity contribution < 1.29 is 14.6 Å². The van der Waals surface area contributed by atoms with Gasteiger partial charge in [-0.25, -0.2) is 4.98 Å². The minimum Gasteiger partial charge on any atom is -0.395 e. The molecule has 1 N–H and O–H groups in total. The van der Waals surface area contributed by atoms with E-state index < -0.39 is 0 Å². The Labute approximate surface area is 195 Å². The molecule has 1 amide bonds. The Balaban J connectivity index is 1.73. The number of β-amino-alcohol motifs (C(OH)–C–C–N with tert-alkyl or cyclic N) is 1. The number of anilines is 1. The minimum absolute atomic E-state index is 0.117. The zero-order valence-electron chi connectivity index (χ0n) is 17.8. The maximum absolute atomic E-state index is 13.4. The van der Waals surface area contributed by atoms with Gasteiger partial charge in [-0.15, -0.1) is 0 Å². The fourth-order valence-corrected chi connectivity index (χ4v) is 5.08. The molecule has 170 valence electrons. The highest BCUT2D eigenvalue weighted by Crippen LogP contribution is 2.33. The highest BCUT2D eigenvalue weighted by molar-refractivity contribution is 8.26. The smallest absolute Gasteiger partial charge is 0.267 e. The number of nitrogens with zero attached hydrogens (tertiary/aromatic N) is 5. The number of hydrogen-bond acceptors (Lipinski definition) is 9. The zero-order valence-corrected chi connectivity index (χ0v) is 19.4. The Kier molecular flexibility index (Phi) is 7.21. The number of aromatic nitrogens is 2. The van der Waals surface area contributed by atoms with Gasteiger partial charge >= 0.3 is 0 Å². The van der Waals surface area contributed by atoms with Crippen molar-refractivity contribution in [1.29, 1.82) is 0 Å². The van der Waals surface area contributed by atoms with Gasteiger partial charge in [0.25, 0.3) is 11.5 Å². The summed E-state index contributed by atoms with van der Waals surface area (Å²) in [6.45, 7) is 4.35. The number of carbonyl (C=O) groups is 1. The van der Waals surface area contributed by atoms with E-state index in [1.807, 2.05) is 6.07 Å². The number of amides is 1. The lowest BCUT2D eigenvalue weighted by molar-refractivity contribution is -0.122. The molecule has 2 aliphatic rings. The number of aliphatic hydroxyl groups excluding tert-OH is 1. The van der Waals surface area contributed by atoms with E-state index in [0.717, 1.165) is 13.1 Å². The Morgan fingerprint density at radius 1 is 1.22 bits per heavy atom. The van der Waals surface area contributed by atoms with Crippen molar-refractivity contribution in [3.05, 3.63) is 45.2 Å². The Hall–Kier alpha value is -2.31. The number of methoxy groups -OCH3 is 1. The van der Waals surface area contributed by atoms with Gasteiger partial charge in [0, 0.05) is 46.0 Å². The Morgan fingerprint density at radius 3 is 2.72 bits per heavy atom. The lowest BCUT2D eigenvalue weighted by atomic mass is 10.2. The number of thioether (sulfide) groups is 1. The molecule has 2 fully saturated rings. The summed E-state index contributed by atoms with van der Waals surface area (Å²) < 4.78 is 7.01. The van der Waals surface area contributed by atoms with E-state index in [9.17, 15) is 14.7 Å². The van der Waals surface area contributed by atoms with Crippen LogP contribution >= 0.6 is 24.0 Å². The topological polar surface area (TPSA) is 90.6 Å². The van der Waals surface area contributed by atoms with Crippen LogP contribution < -0.4 is 10.5 Å². The summed E-state index contributed by atoms with van der Waals surface area (Å²) in [6.07, 6.45) is 3.30. The zero-order chi connectivity index (χ0) is 22.7. The summed E-state index contributed by atoms with van der Waals surface area (Å²) in [5.41, 5.74) is 0.692. The molecule has 32 heavy (non-hydrogen) atoms. The Bertz CT molecular complexity index is 1110. The van der Waals surface area contributed by atoms with Gasteiger partial charge in [0.05, 0.1) is 30.2 Å². The quantitative estimate of drug-likeness (QED) is 0.458. The molecule has 0 radical (unpaired) electrons. The van der Waals surface area contributed by atoms with Crippen LogP contribution in [0.25, 0.3) is 11.7 Å². The van der Waals surface area contributed by atoms with Gasteiger partial charge in [-0.05, 0) is 18.2 Å². The number of pyridine rings is 1. The summed E-state index contributed by atoms with van der Waals surface area (Å²) in [5, 5.41) is 9.21. The molecule has 2 aliphatic heterocycles. The minimum atomic E-state index is -0.231. The normalized spacial score (nSPS) is 19.0. The van der Waals surface area contributed by atoms with Gasteiger partial charge < -0.3 is 14.7 Å². The highest BCUT2D eigenvalue weighted by atomic mass is 32.2. The van der Waals surface area contributed by atoms with E-state index in [4.69, 9.17) is 21.9 Å². The van der Waals surface area contributed by atoms with E-state index in [-0.39, 0.29) is 18.1 Å². The second kappa shape index (κ2) is 10.1. The molecule has 0 saturated carbocycles. The number of rotatable bonds is 7. The predicted octanol–water partition coefficient (Wildman–Crippen LogP) is 0.656. The largest absolute Gasteiger partial charge is 0.395 e. The van der Waals surface area contributed by atoms with Crippen LogP contribution in [-0.4, -0.2) is 94.1 Å². The molecule has 4 rings (SSSR count). The fourth-order valence-electron chi connectivity index (χ4n) is 3.79. The molecule has 0 aromatic carbocycles. The van der Waals surface area contributed by atoms with E-state index in [1.165, 1.54) is 21.1 Å². The second-order valence-electron chi connectivity index (χ2n) is 7.46. The van der Waals surface area contributed by atoms with E-state index in [1.54, 1.807) is 31.5 Å². The average molecular weight is 476 g/mol. The van der Waals surface area contributed by atoms with Crippen molar-refractivity contribution in [3.8, 4) is 0 Å². The summed E-state index contributed by atoms with van der Waals surface area (Å²) in [5.74, 6) is 0.334. The average Bonchev–Trinajstić information content (AvgIpc) is 3.07. The third-order valence-electron chi connectivity index (χ3n) is 5.51. The van der Waals surface area contributed by atoms with Crippen LogP contribution in [0.3, 0.4) is 0 Å². The number of hydrogen-bond donors (Lipinski definition) is 1. The van der Waals surface area contributed by atoms with Crippen LogP contribution in [-0.2, 0) is 9.53 Å². The van der Waals surface area contributed by atoms with Crippen molar-refractivity contribution in [2.75, 3.05) is 64.5 Å². The number of thiocarbonyl (C=S) groups is 1. The van der Waals surface area contributed by atoms with E-state index in [2.05, 4.69) is 9.80 Å². The van der Waals surface area contributed by atoms with Crippen LogP contribution in [0.15, 0.2) is 34.1 Å². The van der Waals surface area contributed by atoms with Crippen LogP contribution in [0.2, 0.25) is 0 Å². The second-order valence-corrected chi connectivity index (χ2v) is 9.14. The first-order valence-electron chi connectivity index (χ1n) is 10.4. The van der Waals surface area contributed by atoms with Gasteiger partial charge in [0.1, 0.15) is 15.8 Å². The first kappa shape index (κ1) is 22.9. The number of carbonyl (C=O) groups excluding carboxylic acids is 1. The number of aliphatic hydroxyl groups is 1. The molecule has 2 aromatic rings. The summed E-state index contributed by atoms with van der Waals surface area (Å²) in [7, 11) is 1.57. The predicted molar refractivity (Wildman–Crippen MR) is 129 cm³/mol. The van der Waals surface area contributed by atoms with Crippen molar-refractivity contribution >= 4 is 51.7 Å². The van der Waals surface area contributed by atoms with Crippen molar-refractivity contribution in [2.24, 2.45) is 0 Å². The molecule has 9 nitrogen and oxygen atoms in total. The molecule has 2 saturated heterocycles. The van der Waals surface area contributed by atoms with E-state index in [0.29, 0.717) is 59.0 Å². The monoisotopic (exact) mass is 475 g/mol. The molecule has 2 aromatic heterocycles. The van der Waals surface area contributed by atoms with Gasteiger partial charge in [-0.1, -0.05) is 30.0 Å². The Morgan fingerprint density at radius 2 is 2.00 bits per heavy atom. The fraction of sp³-hybridized carbons (Fsp3) is 0.429. The van der Waals surface area contributed by atoms with E-state index >= 15 is 0 Å². The van der Waals surface area contributed by atoms with Gasteiger partial charge in [0.15, 0.2) is 0 Å². The van der Waals surface area contributed by atoms with Crippen LogP contribution in [0, 0.1) is 0 Å². The molecular formula is C21H25N5O4S2. The number of fused-ring (bicyclic) bond motifs is 1. The van der Waals surface area contributed by atoms with Crippen molar-refractivity contribution in [3.63, 3.8) is 0 Å². The highest BCUT2D eigenvalue weighted by Gasteiger charge is 2.33. The summed E-state index contributed by atoms with van der Waals surface area (Å²) in [4.78, 5) is 37.2. The first-order chi connectivity index (χ1) is 15.5.